The van der Waals surface area contributed by atoms with Crippen LogP contribution in [0.5, 0.6) is 5.75 Å². The molecule has 1 aliphatic heterocycles. The number of nitrogens with zero attached hydrogens (tertiary/aromatic N) is 1. The van der Waals surface area contributed by atoms with Crippen molar-refractivity contribution < 1.29 is 9.15 Å². The summed E-state index contributed by atoms with van der Waals surface area (Å²) < 4.78 is 11.2. The zero-order valence-electron chi connectivity index (χ0n) is 8.49. The highest BCUT2D eigenvalue weighted by molar-refractivity contribution is 5.74. The number of nitrogens with one attached hydrogen (secondary N) is 1. The minimum Gasteiger partial charge on any atom is -0.488 e. The van der Waals surface area contributed by atoms with Crippen LogP contribution in [0.15, 0.2) is 22.6 Å². The van der Waals surface area contributed by atoms with Gasteiger partial charge in [0.15, 0.2) is 11.5 Å². The van der Waals surface area contributed by atoms with Crippen LogP contribution in [0.1, 0.15) is 5.89 Å². The largest absolute Gasteiger partial charge is 0.488 e. The van der Waals surface area contributed by atoms with Crippen molar-refractivity contribution in [1.82, 2.24) is 10.3 Å². The molecule has 0 spiro atoms. The minimum absolute atomic E-state index is 0.298. The van der Waals surface area contributed by atoms with E-state index in [0.29, 0.717) is 12.0 Å². The molecular weight excluding hydrogens is 192 g/mol. The first-order valence-electron chi connectivity index (χ1n) is 5.06. The van der Waals surface area contributed by atoms with E-state index in [1.54, 1.807) is 0 Å². The summed E-state index contributed by atoms with van der Waals surface area (Å²) in [7, 11) is 0. The molecule has 0 unspecified atom stereocenters. The first kappa shape index (κ1) is 8.73. The zero-order valence-corrected chi connectivity index (χ0v) is 8.49. The van der Waals surface area contributed by atoms with E-state index in [1.165, 1.54) is 0 Å². The third-order valence-electron chi connectivity index (χ3n) is 2.51. The van der Waals surface area contributed by atoms with E-state index in [2.05, 4.69) is 10.3 Å². The van der Waals surface area contributed by atoms with Crippen LogP contribution in [0.4, 0.5) is 0 Å². The van der Waals surface area contributed by atoms with Gasteiger partial charge < -0.3 is 14.5 Å². The topological polar surface area (TPSA) is 47.3 Å². The average molecular weight is 204 g/mol. The van der Waals surface area contributed by atoms with Crippen LogP contribution in [-0.4, -0.2) is 24.2 Å². The van der Waals surface area contributed by atoms with Gasteiger partial charge in [-0.3, -0.25) is 0 Å². The van der Waals surface area contributed by atoms with E-state index < -0.39 is 0 Å². The summed E-state index contributed by atoms with van der Waals surface area (Å²) in [5.74, 6) is 1.54. The van der Waals surface area contributed by atoms with Crippen LogP contribution in [0.25, 0.3) is 11.1 Å². The van der Waals surface area contributed by atoms with Gasteiger partial charge in [-0.2, -0.15) is 0 Å². The number of aryl methyl sites for hydroxylation is 1. The Balaban J connectivity index is 1.90. The van der Waals surface area contributed by atoms with Crippen LogP contribution >= 0.6 is 0 Å². The van der Waals surface area contributed by atoms with E-state index in [0.717, 1.165) is 29.9 Å². The SMILES string of the molecule is Cc1nc2ccc(OC3CNC3)cc2o1. The summed E-state index contributed by atoms with van der Waals surface area (Å²) in [5, 5.41) is 3.16. The highest BCUT2D eigenvalue weighted by Crippen LogP contribution is 2.22. The van der Waals surface area contributed by atoms with Crippen molar-refractivity contribution in [3.63, 3.8) is 0 Å². The fraction of sp³-hybridized carbons (Fsp3) is 0.364. The highest BCUT2D eigenvalue weighted by Gasteiger charge is 2.18. The van der Waals surface area contributed by atoms with Crippen LogP contribution < -0.4 is 10.1 Å². The van der Waals surface area contributed by atoms with Crippen molar-refractivity contribution in [3.05, 3.63) is 24.1 Å². The molecule has 1 fully saturated rings. The quantitative estimate of drug-likeness (QED) is 0.805. The highest BCUT2D eigenvalue weighted by atomic mass is 16.5. The lowest BCUT2D eigenvalue weighted by atomic mass is 10.2. The standard InChI is InChI=1S/C11H12N2O2/c1-7-13-10-3-2-8(4-11(10)14-7)15-9-5-12-6-9/h2-4,9,12H,5-6H2,1H3. The second-order valence-corrected chi connectivity index (χ2v) is 3.76. The van der Waals surface area contributed by atoms with Gasteiger partial charge in [-0.05, 0) is 12.1 Å². The first-order valence-corrected chi connectivity index (χ1v) is 5.06. The van der Waals surface area contributed by atoms with Gasteiger partial charge in [0.1, 0.15) is 17.4 Å². The predicted molar refractivity (Wildman–Crippen MR) is 56.0 cm³/mol. The summed E-state index contributed by atoms with van der Waals surface area (Å²) in [6.45, 7) is 3.69. The van der Waals surface area contributed by atoms with Gasteiger partial charge in [0, 0.05) is 26.1 Å². The Morgan fingerprint density at radius 3 is 3.07 bits per heavy atom. The first-order chi connectivity index (χ1) is 7.31. The zero-order chi connectivity index (χ0) is 10.3. The van der Waals surface area contributed by atoms with Crippen LogP contribution in [0, 0.1) is 6.92 Å². The Morgan fingerprint density at radius 1 is 1.47 bits per heavy atom. The molecule has 1 N–H and O–H groups in total. The molecule has 2 heterocycles. The maximum Gasteiger partial charge on any atom is 0.192 e. The van der Waals surface area contributed by atoms with Gasteiger partial charge in [-0.15, -0.1) is 0 Å². The van der Waals surface area contributed by atoms with Crippen LogP contribution in [0.3, 0.4) is 0 Å². The smallest absolute Gasteiger partial charge is 0.192 e. The molecular formula is C11H12N2O2. The van der Waals surface area contributed by atoms with Crippen molar-refractivity contribution >= 4 is 11.1 Å². The molecule has 0 radical (unpaired) electrons. The van der Waals surface area contributed by atoms with E-state index in [1.807, 2.05) is 25.1 Å². The van der Waals surface area contributed by atoms with E-state index in [9.17, 15) is 0 Å². The van der Waals surface area contributed by atoms with Crippen molar-refractivity contribution in [2.75, 3.05) is 13.1 Å². The molecule has 15 heavy (non-hydrogen) atoms. The number of benzene rings is 1. The normalized spacial score (nSPS) is 16.6. The monoisotopic (exact) mass is 204 g/mol. The summed E-state index contributed by atoms with van der Waals surface area (Å²) in [4.78, 5) is 4.23. The van der Waals surface area contributed by atoms with Gasteiger partial charge in [-0.25, -0.2) is 4.98 Å². The summed E-state index contributed by atoms with van der Waals surface area (Å²) >= 11 is 0. The molecule has 0 bridgehead atoms. The molecule has 2 aromatic rings. The molecule has 1 aromatic heterocycles. The van der Waals surface area contributed by atoms with E-state index in [4.69, 9.17) is 9.15 Å². The molecule has 0 amide bonds. The molecule has 1 saturated heterocycles. The van der Waals surface area contributed by atoms with Gasteiger partial charge in [0.2, 0.25) is 0 Å². The van der Waals surface area contributed by atoms with Crippen molar-refractivity contribution in [3.8, 4) is 5.75 Å². The van der Waals surface area contributed by atoms with E-state index >= 15 is 0 Å². The molecule has 0 atom stereocenters. The summed E-state index contributed by atoms with van der Waals surface area (Å²) in [5.41, 5.74) is 1.67. The summed E-state index contributed by atoms with van der Waals surface area (Å²) in [6, 6.07) is 5.75. The molecule has 78 valence electrons. The van der Waals surface area contributed by atoms with Crippen molar-refractivity contribution in [1.29, 1.82) is 0 Å². The Morgan fingerprint density at radius 2 is 2.33 bits per heavy atom. The fourth-order valence-corrected chi connectivity index (χ4v) is 1.63. The fourth-order valence-electron chi connectivity index (χ4n) is 1.63. The maximum absolute atomic E-state index is 5.72. The Hall–Kier alpha value is -1.55. The van der Waals surface area contributed by atoms with E-state index in [-0.39, 0.29) is 0 Å². The number of hydrogen-bond donors (Lipinski definition) is 1. The molecule has 4 heteroatoms. The Kier molecular flexibility index (Phi) is 1.89. The van der Waals surface area contributed by atoms with Gasteiger partial charge in [0.25, 0.3) is 0 Å². The number of hydrogen-bond acceptors (Lipinski definition) is 4. The number of ether oxygens (including phenoxy) is 1. The van der Waals surface area contributed by atoms with Crippen LogP contribution in [0.2, 0.25) is 0 Å². The Bertz CT molecular complexity index is 488. The van der Waals surface area contributed by atoms with Crippen LogP contribution in [-0.2, 0) is 0 Å². The number of aromatic nitrogens is 1. The second kappa shape index (κ2) is 3.24. The van der Waals surface area contributed by atoms with Crippen molar-refractivity contribution in [2.24, 2.45) is 0 Å². The number of oxazole rings is 1. The predicted octanol–water partition coefficient (Wildman–Crippen LogP) is 1.49. The van der Waals surface area contributed by atoms with Gasteiger partial charge >= 0.3 is 0 Å². The van der Waals surface area contributed by atoms with Gasteiger partial charge in [-0.1, -0.05) is 0 Å². The summed E-state index contributed by atoms with van der Waals surface area (Å²) in [6.07, 6.45) is 0.298. The number of rotatable bonds is 2. The molecule has 1 aliphatic rings. The lowest BCUT2D eigenvalue weighted by molar-refractivity contribution is 0.142. The molecule has 4 nitrogen and oxygen atoms in total. The Labute approximate surface area is 87.2 Å². The average Bonchev–Trinajstić information content (AvgIpc) is 2.50. The maximum atomic E-state index is 5.72. The second-order valence-electron chi connectivity index (χ2n) is 3.76. The molecule has 3 rings (SSSR count). The molecule has 1 aromatic carbocycles. The lowest BCUT2D eigenvalue weighted by Gasteiger charge is -2.27. The molecule has 0 aliphatic carbocycles. The number of fused-ring (bicyclic) bond motifs is 1. The van der Waals surface area contributed by atoms with Crippen molar-refractivity contribution in [2.45, 2.75) is 13.0 Å². The van der Waals surface area contributed by atoms with Gasteiger partial charge in [0.05, 0.1) is 0 Å². The third kappa shape index (κ3) is 1.57. The lowest BCUT2D eigenvalue weighted by Crippen LogP contribution is -2.50. The minimum atomic E-state index is 0.298. The third-order valence-corrected chi connectivity index (χ3v) is 2.51. The molecule has 0 saturated carbocycles.